The highest BCUT2D eigenvalue weighted by atomic mass is 14.9. The maximum Gasteiger partial charge on any atom is 0.00698 e. The van der Waals surface area contributed by atoms with Crippen molar-refractivity contribution in [3.63, 3.8) is 0 Å². The third kappa shape index (κ3) is 3.71. The Balaban J connectivity index is 2.42. The second-order valence-electron chi connectivity index (χ2n) is 6.89. The van der Waals surface area contributed by atoms with Gasteiger partial charge in [0.25, 0.3) is 0 Å². The molecule has 1 fully saturated rings. The minimum Gasteiger partial charge on any atom is -0.327 e. The molecule has 0 aliphatic heterocycles. The van der Waals surface area contributed by atoms with E-state index in [0.29, 0.717) is 17.4 Å². The van der Waals surface area contributed by atoms with E-state index < -0.39 is 0 Å². The normalized spacial score (nSPS) is 31.8. The first-order chi connectivity index (χ1) is 8.43. The first-order valence-electron chi connectivity index (χ1n) is 7.89. The molecule has 2 nitrogen and oxygen atoms in total. The van der Waals surface area contributed by atoms with Gasteiger partial charge in [-0.25, -0.2) is 0 Å². The molecule has 108 valence electrons. The topological polar surface area (TPSA) is 38.0 Å². The molecule has 0 spiro atoms. The third-order valence-electron chi connectivity index (χ3n) is 5.69. The Bertz CT molecular complexity index is 233. The van der Waals surface area contributed by atoms with Gasteiger partial charge in [-0.05, 0) is 49.1 Å². The number of rotatable bonds is 6. The van der Waals surface area contributed by atoms with Crippen LogP contribution in [0.3, 0.4) is 0 Å². The largest absolute Gasteiger partial charge is 0.327 e. The SMILES string of the molecule is CCC(CC)CNCC1CCC(N)C(C)C1(C)C. The first-order valence-corrected chi connectivity index (χ1v) is 7.89. The van der Waals surface area contributed by atoms with Crippen LogP contribution in [-0.4, -0.2) is 19.1 Å². The average Bonchev–Trinajstić information content (AvgIpc) is 2.35. The molecule has 1 aliphatic carbocycles. The van der Waals surface area contributed by atoms with E-state index in [0.717, 1.165) is 11.8 Å². The average molecular weight is 254 g/mol. The highest BCUT2D eigenvalue weighted by Crippen LogP contribution is 2.43. The molecular weight excluding hydrogens is 220 g/mol. The Morgan fingerprint density at radius 2 is 1.83 bits per heavy atom. The first kappa shape index (κ1) is 16.0. The van der Waals surface area contributed by atoms with Gasteiger partial charge >= 0.3 is 0 Å². The molecular formula is C16H34N2. The van der Waals surface area contributed by atoms with Gasteiger partial charge in [-0.3, -0.25) is 0 Å². The van der Waals surface area contributed by atoms with Crippen molar-refractivity contribution in [1.82, 2.24) is 5.32 Å². The van der Waals surface area contributed by atoms with Crippen molar-refractivity contribution in [3.8, 4) is 0 Å². The number of hydrogen-bond donors (Lipinski definition) is 2. The standard InChI is InChI=1S/C16H34N2/c1-6-13(7-2)10-18-11-14-8-9-15(17)12(3)16(14,4)5/h12-15,18H,6-11,17H2,1-5H3. The van der Waals surface area contributed by atoms with Gasteiger partial charge in [0, 0.05) is 6.04 Å². The van der Waals surface area contributed by atoms with Gasteiger partial charge in [0.1, 0.15) is 0 Å². The minimum atomic E-state index is 0.374. The maximum absolute atomic E-state index is 6.22. The fraction of sp³-hybridized carbons (Fsp3) is 1.00. The molecule has 0 bridgehead atoms. The Hall–Kier alpha value is -0.0800. The molecule has 0 aromatic heterocycles. The lowest BCUT2D eigenvalue weighted by atomic mass is 9.61. The molecule has 2 heteroatoms. The molecule has 3 atom stereocenters. The van der Waals surface area contributed by atoms with Crippen LogP contribution >= 0.6 is 0 Å². The second-order valence-corrected chi connectivity index (χ2v) is 6.89. The van der Waals surface area contributed by atoms with Crippen molar-refractivity contribution in [2.45, 2.75) is 66.3 Å². The number of hydrogen-bond acceptors (Lipinski definition) is 2. The number of nitrogens with one attached hydrogen (secondary N) is 1. The molecule has 1 aliphatic rings. The van der Waals surface area contributed by atoms with Gasteiger partial charge in [-0.15, -0.1) is 0 Å². The van der Waals surface area contributed by atoms with Crippen LogP contribution in [0.25, 0.3) is 0 Å². The summed E-state index contributed by atoms with van der Waals surface area (Å²) in [6.45, 7) is 14.1. The second kappa shape index (κ2) is 6.91. The maximum atomic E-state index is 6.22. The summed E-state index contributed by atoms with van der Waals surface area (Å²) in [4.78, 5) is 0. The fourth-order valence-corrected chi connectivity index (χ4v) is 3.34. The highest BCUT2D eigenvalue weighted by molar-refractivity contribution is 4.94. The van der Waals surface area contributed by atoms with Gasteiger partial charge in [0.15, 0.2) is 0 Å². The zero-order chi connectivity index (χ0) is 13.8. The monoisotopic (exact) mass is 254 g/mol. The summed E-state index contributed by atoms with van der Waals surface area (Å²) in [5, 5.41) is 3.71. The van der Waals surface area contributed by atoms with Crippen molar-refractivity contribution >= 4 is 0 Å². The van der Waals surface area contributed by atoms with Crippen LogP contribution in [-0.2, 0) is 0 Å². The molecule has 0 saturated heterocycles. The van der Waals surface area contributed by atoms with E-state index in [1.807, 2.05) is 0 Å². The zero-order valence-corrected chi connectivity index (χ0v) is 13.1. The quantitative estimate of drug-likeness (QED) is 0.762. The molecule has 0 aromatic carbocycles. The Morgan fingerprint density at radius 1 is 1.22 bits per heavy atom. The molecule has 0 aromatic rings. The molecule has 0 heterocycles. The molecule has 0 radical (unpaired) electrons. The van der Waals surface area contributed by atoms with Crippen LogP contribution in [0.2, 0.25) is 0 Å². The van der Waals surface area contributed by atoms with Crippen LogP contribution in [0, 0.1) is 23.2 Å². The van der Waals surface area contributed by atoms with Crippen LogP contribution in [0.5, 0.6) is 0 Å². The fourth-order valence-electron chi connectivity index (χ4n) is 3.34. The van der Waals surface area contributed by atoms with E-state index in [4.69, 9.17) is 5.73 Å². The molecule has 1 rings (SSSR count). The third-order valence-corrected chi connectivity index (χ3v) is 5.69. The summed E-state index contributed by atoms with van der Waals surface area (Å²) >= 11 is 0. The summed E-state index contributed by atoms with van der Waals surface area (Å²) in [6, 6.07) is 0.398. The lowest BCUT2D eigenvalue weighted by Crippen LogP contribution is -2.49. The van der Waals surface area contributed by atoms with Crippen molar-refractivity contribution in [3.05, 3.63) is 0 Å². The van der Waals surface area contributed by atoms with E-state index in [1.165, 1.54) is 38.8 Å². The predicted octanol–water partition coefficient (Wildman–Crippen LogP) is 3.41. The van der Waals surface area contributed by atoms with Crippen molar-refractivity contribution < 1.29 is 0 Å². The van der Waals surface area contributed by atoms with Gasteiger partial charge in [0.2, 0.25) is 0 Å². The lowest BCUT2D eigenvalue weighted by Gasteiger charge is -2.47. The summed E-state index contributed by atoms with van der Waals surface area (Å²) in [6.07, 6.45) is 5.06. The van der Waals surface area contributed by atoms with Crippen molar-refractivity contribution in [2.24, 2.45) is 28.9 Å². The van der Waals surface area contributed by atoms with Gasteiger partial charge < -0.3 is 11.1 Å². The van der Waals surface area contributed by atoms with Crippen molar-refractivity contribution in [2.75, 3.05) is 13.1 Å². The van der Waals surface area contributed by atoms with E-state index in [1.54, 1.807) is 0 Å². The van der Waals surface area contributed by atoms with E-state index >= 15 is 0 Å². The van der Waals surface area contributed by atoms with Crippen LogP contribution in [0.15, 0.2) is 0 Å². The number of nitrogens with two attached hydrogens (primary N) is 1. The summed E-state index contributed by atoms with van der Waals surface area (Å²) in [5.74, 6) is 2.25. The van der Waals surface area contributed by atoms with Crippen molar-refractivity contribution in [1.29, 1.82) is 0 Å². The molecule has 1 saturated carbocycles. The Labute approximate surface area is 114 Å². The van der Waals surface area contributed by atoms with Crippen LogP contribution in [0.4, 0.5) is 0 Å². The van der Waals surface area contributed by atoms with Crippen LogP contribution < -0.4 is 11.1 Å². The van der Waals surface area contributed by atoms with Gasteiger partial charge in [0.05, 0.1) is 0 Å². The summed E-state index contributed by atoms with van der Waals surface area (Å²) in [7, 11) is 0. The summed E-state index contributed by atoms with van der Waals surface area (Å²) < 4.78 is 0. The zero-order valence-electron chi connectivity index (χ0n) is 13.1. The highest BCUT2D eigenvalue weighted by Gasteiger charge is 2.41. The molecule has 3 N–H and O–H groups in total. The lowest BCUT2D eigenvalue weighted by molar-refractivity contribution is 0.0535. The van der Waals surface area contributed by atoms with E-state index in [9.17, 15) is 0 Å². The van der Waals surface area contributed by atoms with E-state index in [-0.39, 0.29) is 0 Å². The van der Waals surface area contributed by atoms with Gasteiger partial charge in [-0.2, -0.15) is 0 Å². The van der Waals surface area contributed by atoms with Gasteiger partial charge in [-0.1, -0.05) is 47.5 Å². The molecule has 18 heavy (non-hydrogen) atoms. The smallest absolute Gasteiger partial charge is 0.00698 e. The van der Waals surface area contributed by atoms with E-state index in [2.05, 4.69) is 39.9 Å². The summed E-state index contributed by atoms with van der Waals surface area (Å²) in [5.41, 5.74) is 6.59. The Morgan fingerprint density at radius 3 is 2.39 bits per heavy atom. The minimum absolute atomic E-state index is 0.374. The molecule has 0 amide bonds. The predicted molar refractivity (Wildman–Crippen MR) is 80.6 cm³/mol. The molecule has 3 unspecified atom stereocenters. The van der Waals surface area contributed by atoms with Crippen LogP contribution in [0.1, 0.15) is 60.3 Å². The Kier molecular flexibility index (Phi) is 6.13.